The van der Waals surface area contributed by atoms with Crippen LogP contribution in [-0.2, 0) is 11.2 Å². The Bertz CT molecular complexity index is 356. The smallest absolute Gasteiger partial charge is 0.328 e. The Balaban J connectivity index is 2.29. The molecule has 0 aliphatic carbocycles. The minimum absolute atomic E-state index is 0.164. The van der Waals surface area contributed by atoms with Gasteiger partial charge in [-0.25, -0.2) is 0 Å². The SMILES string of the molecule is O=C[B]N1C[C@@H](CO)Cc2ccccc21. The molecule has 0 aromatic heterocycles. The van der Waals surface area contributed by atoms with Gasteiger partial charge >= 0.3 is 7.41 Å². The summed E-state index contributed by atoms with van der Waals surface area (Å²) in [5, 5.41) is 9.17. The molecule has 2 rings (SSSR count). The Hall–Kier alpha value is -1.29. The fraction of sp³-hybridized carbons (Fsp3) is 0.364. The van der Waals surface area contributed by atoms with Crippen LogP contribution in [0.5, 0.6) is 0 Å². The second kappa shape index (κ2) is 4.49. The minimum atomic E-state index is 0.164. The summed E-state index contributed by atoms with van der Waals surface area (Å²) in [7, 11) is 1.53. The number of hydrogen-bond acceptors (Lipinski definition) is 3. The van der Waals surface area contributed by atoms with Gasteiger partial charge in [0.25, 0.3) is 0 Å². The van der Waals surface area contributed by atoms with Crippen molar-refractivity contribution in [1.29, 1.82) is 0 Å². The Kier molecular flexibility index (Phi) is 3.06. The third kappa shape index (κ3) is 2.05. The van der Waals surface area contributed by atoms with Crippen molar-refractivity contribution < 1.29 is 9.90 Å². The maximum Gasteiger partial charge on any atom is 0.328 e. The lowest BCUT2D eigenvalue weighted by Crippen LogP contribution is -2.40. The van der Waals surface area contributed by atoms with Crippen LogP contribution in [0.2, 0.25) is 0 Å². The van der Waals surface area contributed by atoms with Crippen LogP contribution in [0.3, 0.4) is 0 Å². The van der Waals surface area contributed by atoms with Gasteiger partial charge in [0.1, 0.15) is 6.19 Å². The van der Waals surface area contributed by atoms with Crippen LogP contribution >= 0.6 is 0 Å². The zero-order valence-electron chi connectivity index (χ0n) is 8.47. The second-order valence-electron chi connectivity index (χ2n) is 3.82. The molecule has 0 fully saturated rings. The van der Waals surface area contributed by atoms with Crippen molar-refractivity contribution in [2.24, 2.45) is 5.92 Å². The average Bonchev–Trinajstić information content (AvgIpc) is 2.29. The molecule has 1 aliphatic rings. The van der Waals surface area contributed by atoms with E-state index in [0.717, 1.165) is 18.3 Å². The molecule has 0 amide bonds. The zero-order valence-corrected chi connectivity index (χ0v) is 8.47. The first-order valence-electron chi connectivity index (χ1n) is 5.09. The summed E-state index contributed by atoms with van der Waals surface area (Å²) in [6.45, 7) is 0.879. The molecular formula is C11H13BNO2. The summed E-state index contributed by atoms with van der Waals surface area (Å²) in [5.41, 5.74) is 2.27. The second-order valence-corrected chi connectivity index (χ2v) is 3.82. The number of carbonyl (C=O) groups is 1. The molecule has 1 radical (unpaired) electrons. The van der Waals surface area contributed by atoms with Crippen LogP contribution in [0.15, 0.2) is 24.3 Å². The van der Waals surface area contributed by atoms with E-state index in [2.05, 4.69) is 0 Å². The molecule has 1 N–H and O–H groups in total. The van der Waals surface area contributed by atoms with Crippen molar-refractivity contribution >= 4 is 19.3 Å². The highest BCUT2D eigenvalue weighted by Crippen LogP contribution is 2.28. The Morgan fingerprint density at radius 2 is 2.33 bits per heavy atom. The van der Waals surface area contributed by atoms with Crippen LogP contribution < -0.4 is 4.81 Å². The maximum atomic E-state index is 10.5. The van der Waals surface area contributed by atoms with Gasteiger partial charge in [-0.15, -0.1) is 0 Å². The van der Waals surface area contributed by atoms with Gasteiger partial charge in [0.15, 0.2) is 0 Å². The number of carbonyl (C=O) groups excluding carboxylic acids is 1. The Morgan fingerprint density at radius 3 is 3.07 bits per heavy atom. The molecule has 1 aromatic rings. The molecule has 77 valence electrons. The summed E-state index contributed by atoms with van der Waals surface area (Å²) < 4.78 is 0. The zero-order chi connectivity index (χ0) is 10.7. The molecule has 1 aliphatic heterocycles. The van der Waals surface area contributed by atoms with Crippen LogP contribution in [0.4, 0.5) is 5.69 Å². The van der Waals surface area contributed by atoms with E-state index in [1.54, 1.807) is 0 Å². The van der Waals surface area contributed by atoms with Crippen molar-refractivity contribution in [2.45, 2.75) is 6.42 Å². The van der Waals surface area contributed by atoms with Crippen LogP contribution in [-0.4, -0.2) is 31.9 Å². The van der Waals surface area contributed by atoms with Gasteiger partial charge in [-0.2, -0.15) is 0 Å². The average molecular weight is 202 g/mol. The van der Waals surface area contributed by atoms with E-state index in [4.69, 9.17) is 0 Å². The van der Waals surface area contributed by atoms with Gasteiger partial charge in [0.05, 0.1) is 0 Å². The highest BCUT2D eigenvalue weighted by Gasteiger charge is 2.23. The van der Waals surface area contributed by atoms with Crippen molar-refractivity contribution in [3.05, 3.63) is 29.8 Å². The molecule has 1 atom stereocenters. The molecule has 1 aromatic carbocycles. The van der Waals surface area contributed by atoms with Gasteiger partial charge < -0.3 is 14.7 Å². The highest BCUT2D eigenvalue weighted by molar-refractivity contribution is 6.70. The lowest BCUT2D eigenvalue weighted by Gasteiger charge is -2.34. The molecule has 3 nitrogen and oxygen atoms in total. The fourth-order valence-electron chi connectivity index (χ4n) is 2.05. The number of aliphatic hydroxyl groups is 1. The quantitative estimate of drug-likeness (QED) is 0.572. The van der Waals surface area contributed by atoms with Gasteiger partial charge in [-0.3, -0.25) is 0 Å². The number of benzene rings is 1. The predicted molar refractivity (Wildman–Crippen MR) is 60.6 cm³/mol. The molecule has 0 spiro atoms. The van der Waals surface area contributed by atoms with Crippen LogP contribution in [0, 0.1) is 5.92 Å². The van der Waals surface area contributed by atoms with E-state index >= 15 is 0 Å². The number of hydrogen-bond donors (Lipinski definition) is 1. The van der Waals surface area contributed by atoms with E-state index in [-0.39, 0.29) is 12.5 Å². The van der Waals surface area contributed by atoms with Gasteiger partial charge in [0.2, 0.25) is 0 Å². The topological polar surface area (TPSA) is 40.5 Å². The molecule has 0 unspecified atom stereocenters. The third-order valence-corrected chi connectivity index (χ3v) is 2.76. The molecule has 0 saturated heterocycles. The van der Waals surface area contributed by atoms with Crippen LogP contribution in [0.25, 0.3) is 0 Å². The number of rotatable bonds is 3. The van der Waals surface area contributed by atoms with E-state index in [9.17, 15) is 9.90 Å². The monoisotopic (exact) mass is 202 g/mol. The molecule has 0 bridgehead atoms. The number of nitrogens with zero attached hydrogens (tertiary/aromatic N) is 1. The van der Waals surface area contributed by atoms with Crippen molar-refractivity contribution in [3.63, 3.8) is 0 Å². The standard InChI is InChI=1S/C11H13BNO2/c14-7-9-5-10-3-1-2-4-11(10)13(6-9)12-8-15/h1-4,8-9,14H,5-7H2/t9-/m0/s1. The van der Waals surface area contributed by atoms with Crippen molar-refractivity contribution in [1.82, 2.24) is 0 Å². The summed E-state index contributed by atoms with van der Waals surface area (Å²) >= 11 is 0. The summed E-state index contributed by atoms with van der Waals surface area (Å²) in [6, 6.07) is 7.99. The Morgan fingerprint density at radius 1 is 1.53 bits per heavy atom. The molecular weight excluding hydrogens is 189 g/mol. The van der Waals surface area contributed by atoms with E-state index in [1.807, 2.05) is 29.1 Å². The van der Waals surface area contributed by atoms with Crippen molar-refractivity contribution in [3.8, 4) is 0 Å². The molecule has 4 heteroatoms. The lowest BCUT2D eigenvalue weighted by molar-refractivity contribution is 0.227. The summed E-state index contributed by atoms with van der Waals surface area (Å²) in [4.78, 5) is 12.4. The lowest BCUT2D eigenvalue weighted by atomic mass is 9.84. The first kappa shape index (κ1) is 10.2. The molecule has 1 heterocycles. The number of aliphatic hydroxyl groups excluding tert-OH is 1. The minimum Gasteiger partial charge on any atom is -0.412 e. The van der Waals surface area contributed by atoms with Crippen molar-refractivity contribution in [2.75, 3.05) is 18.0 Å². The van der Waals surface area contributed by atoms with E-state index in [1.165, 1.54) is 13.0 Å². The number of fused-ring (bicyclic) bond motifs is 1. The first-order chi connectivity index (χ1) is 7.35. The van der Waals surface area contributed by atoms with E-state index in [0.29, 0.717) is 6.54 Å². The predicted octanol–water partition coefficient (Wildman–Crippen LogP) is 0.467. The summed E-state index contributed by atoms with van der Waals surface area (Å²) in [5.74, 6) is 0.219. The number of para-hydroxylation sites is 1. The third-order valence-electron chi connectivity index (χ3n) is 2.76. The maximum absolute atomic E-state index is 10.5. The fourth-order valence-corrected chi connectivity index (χ4v) is 2.05. The van der Waals surface area contributed by atoms with E-state index < -0.39 is 0 Å². The van der Waals surface area contributed by atoms with Crippen LogP contribution in [0.1, 0.15) is 5.56 Å². The molecule has 15 heavy (non-hydrogen) atoms. The number of anilines is 1. The Labute approximate surface area is 90.0 Å². The van der Waals surface area contributed by atoms with Gasteiger partial charge in [0, 0.05) is 24.8 Å². The van der Waals surface area contributed by atoms with Gasteiger partial charge in [-0.05, 0) is 18.1 Å². The first-order valence-corrected chi connectivity index (χ1v) is 5.09. The largest absolute Gasteiger partial charge is 0.412 e. The molecule has 0 saturated carbocycles. The van der Waals surface area contributed by atoms with Gasteiger partial charge in [-0.1, -0.05) is 18.2 Å². The highest BCUT2D eigenvalue weighted by atomic mass is 16.3. The normalized spacial score (nSPS) is 19.5. The summed E-state index contributed by atoms with van der Waals surface area (Å²) in [6.07, 6.45) is 1.67.